The summed E-state index contributed by atoms with van der Waals surface area (Å²) in [5, 5.41) is 1.83. The molecule has 0 amide bonds. The van der Waals surface area contributed by atoms with Crippen molar-refractivity contribution >= 4 is 8.07 Å². The second-order valence-corrected chi connectivity index (χ2v) is 10.2. The summed E-state index contributed by atoms with van der Waals surface area (Å²) in [5.74, 6) is 1.83. The number of allylic oxidation sites excluding steroid dienone is 2. The molecule has 0 saturated heterocycles. The summed E-state index contributed by atoms with van der Waals surface area (Å²) in [6.07, 6.45) is 5.21. The molecule has 1 aliphatic carbocycles. The molecule has 2 unspecified atom stereocenters. The van der Waals surface area contributed by atoms with Crippen molar-refractivity contribution in [2.75, 3.05) is 0 Å². The average molecular weight is 182 g/mol. The maximum absolute atomic E-state index is 2.53. The Labute approximate surface area is 78.1 Å². The lowest BCUT2D eigenvalue weighted by atomic mass is 9.95. The van der Waals surface area contributed by atoms with Gasteiger partial charge in [0, 0.05) is 0 Å². The Morgan fingerprint density at radius 1 is 1.42 bits per heavy atom. The van der Waals surface area contributed by atoms with Crippen LogP contribution in [0.5, 0.6) is 0 Å². The smallest absolute Gasteiger partial charge is 0.0724 e. The molecule has 1 heteroatoms. The Balaban J connectivity index is 2.78. The van der Waals surface area contributed by atoms with E-state index < -0.39 is 8.07 Å². The zero-order valence-corrected chi connectivity index (χ0v) is 10.1. The Morgan fingerprint density at radius 3 is 2.33 bits per heavy atom. The summed E-state index contributed by atoms with van der Waals surface area (Å²) in [6, 6.07) is 0. The molecule has 0 aromatic rings. The predicted octanol–water partition coefficient (Wildman–Crippen LogP) is 3.86. The second-order valence-electron chi connectivity index (χ2n) is 5.14. The fraction of sp³-hybridized carbons (Fsp3) is 0.818. The first-order valence-electron chi connectivity index (χ1n) is 5.17. The Hall–Kier alpha value is -0.0431. The van der Waals surface area contributed by atoms with Crippen molar-refractivity contribution in [2.24, 2.45) is 11.8 Å². The molecule has 1 aliphatic rings. The fourth-order valence-corrected chi connectivity index (χ4v) is 4.75. The molecule has 12 heavy (non-hydrogen) atoms. The van der Waals surface area contributed by atoms with Crippen LogP contribution in [0, 0.1) is 11.8 Å². The van der Waals surface area contributed by atoms with E-state index in [1.54, 1.807) is 0 Å². The van der Waals surface area contributed by atoms with Gasteiger partial charge >= 0.3 is 0 Å². The molecular weight excluding hydrogens is 160 g/mol. The van der Waals surface area contributed by atoms with Crippen molar-refractivity contribution in [1.82, 2.24) is 0 Å². The highest BCUT2D eigenvalue weighted by Crippen LogP contribution is 2.38. The van der Waals surface area contributed by atoms with E-state index in [-0.39, 0.29) is 0 Å². The van der Waals surface area contributed by atoms with Crippen LogP contribution in [0.15, 0.2) is 11.3 Å². The number of hydrogen-bond acceptors (Lipinski definition) is 0. The van der Waals surface area contributed by atoms with E-state index in [4.69, 9.17) is 0 Å². The minimum Gasteiger partial charge on any atom is -0.0886 e. The normalized spacial score (nSPS) is 30.6. The lowest BCUT2D eigenvalue weighted by Crippen LogP contribution is -2.28. The van der Waals surface area contributed by atoms with E-state index in [1.165, 1.54) is 12.8 Å². The molecule has 0 fully saturated rings. The molecular formula is C11H22Si. The van der Waals surface area contributed by atoms with Crippen LogP contribution in [0.1, 0.15) is 26.7 Å². The van der Waals surface area contributed by atoms with Gasteiger partial charge in [-0.3, -0.25) is 0 Å². The van der Waals surface area contributed by atoms with Crippen molar-refractivity contribution < 1.29 is 0 Å². The first kappa shape index (κ1) is 10.0. The molecule has 0 bridgehead atoms. The van der Waals surface area contributed by atoms with Crippen molar-refractivity contribution in [3.63, 3.8) is 0 Å². The highest BCUT2D eigenvalue weighted by molar-refractivity contribution is 6.83. The van der Waals surface area contributed by atoms with Gasteiger partial charge in [-0.05, 0) is 24.7 Å². The third-order valence-electron chi connectivity index (χ3n) is 3.10. The fourth-order valence-electron chi connectivity index (χ4n) is 2.42. The molecule has 2 atom stereocenters. The van der Waals surface area contributed by atoms with Gasteiger partial charge < -0.3 is 0 Å². The minimum absolute atomic E-state index is 0.914. The molecule has 0 spiro atoms. The molecule has 0 saturated carbocycles. The van der Waals surface area contributed by atoms with Crippen LogP contribution in [0.3, 0.4) is 0 Å². The first-order chi connectivity index (χ1) is 5.46. The molecule has 0 aromatic carbocycles. The van der Waals surface area contributed by atoms with Gasteiger partial charge in [0.2, 0.25) is 0 Å². The second kappa shape index (κ2) is 3.37. The summed E-state index contributed by atoms with van der Waals surface area (Å²) in [7, 11) is -0.989. The summed E-state index contributed by atoms with van der Waals surface area (Å²) in [5.41, 5.74) is 0. The maximum atomic E-state index is 2.53. The summed E-state index contributed by atoms with van der Waals surface area (Å²) in [4.78, 5) is 0. The highest BCUT2D eigenvalue weighted by atomic mass is 28.3. The van der Waals surface area contributed by atoms with Gasteiger partial charge in [0.05, 0.1) is 8.07 Å². The quantitative estimate of drug-likeness (QED) is 0.569. The SMILES string of the molecule is CCC1C([Si](C)(C)C)=CCC1C. The molecule has 0 heterocycles. The Morgan fingerprint density at radius 2 is 2.00 bits per heavy atom. The van der Waals surface area contributed by atoms with E-state index in [2.05, 4.69) is 39.6 Å². The predicted molar refractivity (Wildman–Crippen MR) is 59.0 cm³/mol. The Bertz CT molecular complexity index is 186. The van der Waals surface area contributed by atoms with E-state index in [0.717, 1.165) is 11.8 Å². The molecule has 0 N–H and O–H groups in total. The van der Waals surface area contributed by atoms with Crippen LogP contribution in [0.2, 0.25) is 19.6 Å². The third-order valence-corrected chi connectivity index (χ3v) is 5.41. The number of hydrogen-bond donors (Lipinski definition) is 0. The highest BCUT2D eigenvalue weighted by Gasteiger charge is 2.32. The van der Waals surface area contributed by atoms with Crippen LogP contribution in [0.25, 0.3) is 0 Å². The van der Waals surface area contributed by atoms with Gasteiger partial charge in [0.1, 0.15) is 0 Å². The minimum atomic E-state index is -0.989. The lowest BCUT2D eigenvalue weighted by Gasteiger charge is -2.27. The monoisotopic (exact) mass is 182 g/mol. The topological polar surface area (TPSA) is 0 Å². The summed E-state index contributed by atoms with van der Waals surface area (Å²) < 4.78 is 0. The first-order valence-corrected chi connectivity index (χ1v) is 8.67. The van der Waals surface area contributed by atoms with Crippen molar-refractivity contribution in [2.45, 2.75) is 46.3 Å². The summed E-state index contributed by atoms with van der Waals surface area (Å²) >= 11 is 0. The Kier molecular flexibility index (Phi) is 2.82. The van der Waals surface area contributed by atoms with Gasteiger partial charge in [0.25, 0.3) is 0 Å². The molecule has 1 rings (SSSR count). The van der Waals surface area contributed by atoms with Gasteiger partial charge in [0.15, 0.2) is 0 Å². The van der Waals surface area contributed by atoms with Crippen LogP contribution >= 0.6 is 0 Å². The maximum Gasteiger partial charge on any atom is 0.0724 e. The molecule has 70 valence electrons. The van der Waals surface area contributed by atoms with Crippen LogP contribution in [0.4, 0.5) is 0 Å². The van der Waals surface area contributed by atoms with Crippen molar-refractivity contribution in [1.29, 1.82) is 0 Å². The van der Waals surface area contributed by atoms with Gasteiger partial charge in [-0.25, -0.2) is 0 Å². The zero-order valence-electron chi connectivity index (χ0n) is 9.15. The van der Waals surface area contributed by atoms with E-state index in [0.29, 0.717) is 0 Å². The molecule has 0 aliphatic heterocycles. The summed E-state index contributed by atoms with van der Waals surface area (Å²) in [6.45, 7) is 12.1. The van der Waals surface area contributed by atoms with Gasteiger partial charge in [-0.2, -0.15) is 0 Å². The average Bonchev–Trinajstić information content (AvgIpc) is 2.29. The van der Waals surface area contributed by atoms with Crippen molar-refractivity contribution in [3.8, 4) is 0 Å². The lowest BCUT2D eigenvalue weighted by molar-refractivity contribution is 0.443. The van der Waals surface area contributed by atoms with Gasteiger partial charge in [-0.15, -0.1) is 0 Å². The molecule has 0 nitrogen and oxygen atoms in total. The molecule has 0 aromatic heterocycles. The van der Waals surface area contributed by atoms with Gasteiger partial charge in [-0.1, -0.05) is 44.8 Å². The van der Waals surface area contributed by atoms with Crippen LogP contribution in [-0.2, 0) is 0 Å². The van der Waals surface area contributed by atoms with Crippen LogP contribution < -0.4 is 0 Å². The van der Waals surface area contributed by atoms with E-state index in [9.17, 15) is 0 Å². The van der Waals surface area contributed by atoms with E-state index in [1.807, 2.05) is 5.20 Å². The largest absolute Gasteiger partial charge is 0.0886 e. The third kappa shape index (κ3) is 1.82. The molecule has 0 radical (unpaired) electrons. The van der Waals surface area contributed by atoms with E-state index >= 15 is 0 Å². The zero-order chi connectivity index (χ0) is 9.35. The number of rotatable bonds is 2. The van der Waals surface area contributed by atoms with Crippen molar-refractivity contribution in [3.05, 3.63) is 11.3 Å². The van der Waals surface area contributed by atoms with Crippen LogP contribution in [-0.4, -0.2) is 8.07 Å². The standard InChI is InChI=1S/C11H22Si/c1-6-10-9(2)7-8-11(10)12(3,4)5/h8-10H,6-7H2,1-5H3.